The Balaban J connectivity index is 1.83. The summed E-state index contributed by atoms with van der Waals surface area (Å²) in [5.41, 5.74) is 0.461. The molecule has 1 heterocycles. The number of nitrogens with zero attached hydrogens (tertiary/aromatic N) is 3. The van der Waals surface area contributed by atoms with Crippen LogP contribution in [0.5, 0.6) is 11.5 Å². The van der Waals surface area contributed by atoms with E-state index < -0.39 is 17.5 Å². The molecule has 0 aliphatic carbocycles. The van der Waals surface area contributed by atoms with Gasteiger partial charge in [-0.1, -0.05) is 0 Å². The highest BCUT2D eigenvalue weighted by Gasteiger charge is 2.10. The van der Waals surface area contributed by atoms with Gasteiger partial charge in [-0.15, -0.1) is 10.2 Å². The zero-order valence-corrected chi connectivity index (χ0v) is 12.6. The number of nitrogens with one attached hydrogen (secondary N) is 1. The molecular formula is C16H13F3N4O. The molecule has 5 nitrogen and oxygen atoms in total. The maximum atomic E-state index is 13.5. The lowest BCUT2D eigenvalue weighted by Crippen LogP contribution is -2.06. The Hall–Kier alpha value is -3.03. The number of benzene rings is 2. The topological polar surface area (TPSA) is 52.0 Å². The average molecular weight is 334 g/mol. The number of rotatable bonds is 5. The number of hydrogen-bond donors (Lipinski definition) is 1. The van der Waals surface area contributed by atoms with E-state index in [4.69, 9.17) is 4.74 Å². The van der Waals surface area contributed by atoms with Crippen LogP contribution in [0.25, 0.3) is 0 Å². The molecule has 24 heavy (non-hydrogen) atoms. The van der Waals surface area contributed by atoms with Gasteiger partial charge in [0.1, 0.15) is 35.3 Å². The lowest BCUT2D eigenvalue weighted by atomic mass is 10.2. The van der Waals surface area contributed by atoms with Gasteiger partial charge in [0.05, 0.1) is 0 Å². The van der Waals surface area contributed by atoms with Crippen LogP contribution in [-0.2, 0) is 13.6 Å². The number of aromatic nitrogens is 3. The van der Waals surface area contributed by atoms with Crippen molar-refractivity contribution < 1.29 is 17.9 Å². The molecule has 0 spiro atoms. The average Bonchev–Trinajstić information content (AvgIpc) is 2.92. The molecule has 0 unspecified atom stereocenters. The van der Waals surface area contributed by atoms with Gasteiger partial charge in [0.25, 0.3) is 0 Å². The molecule has 2 aromatic carbocycles. The van der Waals surface area contributed by atoms with Gasteiger partial charge >= 0.3 is 0 Å². The molecule has 0 aliphatic heterocycles. The Bertz CT molecular complexity index is 846. The lowest BCUT2D eigenvalue weighted by Gasteiger charge is -2.12. The summed E-state index contributed by atoms with van der Waals surface area (Å²) in [6.07, 6.45) is 1.51. The summed E-state index contributed by atoms with van der Waals surface area (Å²) in [6.45, 7) is 0.192. The van der Waals surface area contributed by atoms with Crippen LogP contribution in [0.3, 0.4) is 0 Å². The Labute approximate surface area is 135 Å². The zero-order chi connectivity index (χ0) is 17.1. The van der Waals surface area contributed by atoms with Crippen molar-refractivity contribution in [2.45, 2.75) is 6.54 Å². The third-order valence-electron chi connectivity index (χ3n) is 3.23. The minimum atomic E-state index is -0.758. The summed E-state index contributed by atoms with van der Waals surface area (Å²) in [5, 5.41) is 10.6. The van der Waals surface area contributed by atoms with E-state index in [1.165, 1.54) is 24.5 Å². The standard InChI is InChI=1S/C16H13F3N4O/c1-23-9-21-22-16(23)20-8-10-4-11(17)2-3-15(10)24-14-6-12(18)5-13(19)7-14/h2-7,9H,8H2,1H3,(H,20,22). The molecule has 1 N–H and O–H groups in total. The molecule has 0 bridgehead atoms. The van der Waals surface area contributed by atoms with E-state index in [2.05, 4.69) is 15.5 Å². The van der Waals surface area contributed by atoms with Gasteiger partial charge in [0.2, 0.25) is 5.95 Å². The van der Waals surface area contributed by atoms with Crippen molar-refractivity contribution in [3.05, 3.63) is 65.7 Å². The van der Waals surface area contributed by atoms with E-state index in [1.807, 2.05) is 0 Å². The van der Waals surface area contributed by atoms with Gasteiger partial charge in [-0.3, -0.25) is 0 Å². The fourth-order valence-corrected chi connectivity index (χ4v) is 2.12. The molecule has 0 saturated heterocycles. The van der Waals surface area contributed by atoms with Crippen molar-refractivity contribution in [1.82, 2.24) is 14.8 Å². The van der Waals surface area contributed by atoms with Crippen molar-refractivity contribution >= 4 is 5.95 Å². The predicted octanol–water partition coefficient (Wildman–Crippen LogP) is 3.64. The van der Waals surface area contributed by atoms with E-state index in [-0.39, 0.29) is 18.0 Å². The first-order valence-corrected chi connectivity index (χ1v) is 7.01. The third kappa shape index (κ3) is 3.65. The largest absolute Gasteiger partial charge is 0.457 e. The molecule has 124 valence electrons. The van der Waals surface area contributed by atoms with Crippen molar-refractivity contribution in [1.29, 1.82) is 0 Å². The molecule has 0 aliphatic rings. The van der Waals surface area contributed by atoms with Crippen LogP contribution in [0.2, 0.25) is 0 Å². The summed E-state index contributed by atoms with van der Waals surface area (Å²) in [6, 6.07) is 6.71. The molecule has 1 aromatic heterocycles. The number of aryl methyl sites for hydroxylation is 1. The Morgan fingerprint density at radius 3 is 2.46 bits per heavy atom. The Kier molecular flexibility index (Phi) is 4.37. The van der Waals surface area contributed by atoms with Crippen LogP contribution in [0, 0.1) is 17.5 Å². The molecule has 0 fully saturated rings. The first-order valence-electron chi connectivity index (χ1n) is 7.01. The van der Waals surface area contributed by atoms with Gasteiger partial charge in [-0.05, 0) is 18.2 Å². The second kappa shape index (κ2) is 6.61. The monoisotopic (exact) mass is 334 g/mol. The van der Waals surface area contributed by atoms with Crippen LogP contribution < -0.4 is 10.1 Å². The van der Waals surface area contributed by atoms with Crippen LogP contribution in [0.15, 0.2) is 42.7 Å². The number of halogens is 3. The van der Waals surface area contributed by atoms with Crippen molar-refractivity contribution in [2.75, 3.05) is 5.32 Å². The quantitative estimate of drug-likeness (QED) is 0.774. The van der Waals surface area contributed by atoms with Crippen LogP contribution in [0.4, 0.5) is 19.1 Å². The minimum absolute atomic E-state index is 0.0148. The third-order valence-corrected chi connectivity index (χ3v) is 3.23. The molecule has 0 saturated carbocycles. The Morgan fingerprint density at radius 1 is 1.04 bits per heavy atom. The second-order valence-electron chi connectivity index (χ2n) is 5.08. The molecule has 0 amide bonds. The predicted molar refractivity (Wildman–Crippen MR) is 81.2 cm³/mol. The van der Waals surface area contributed by atoms with E-state index in [9.17, 15) is 13.2 Å². The number of ether oxygens (including phenoxy) is 1. The van der Waals surface area contributed by atoms with Crippen LogP contribution in [-0.4, -0.2) is 14.8 Å². The normalized spacial score (nSPS) is 10.7. The number of hydrogen-bond acceptors (Lipinski definition) is 4. The summed E-state index contributed by atoms with van der Waals surface area (Å²) < 4.78 is 47.2. The minimum Gasteiger partial charge on any atom is -0.457 e. The summed E-state index contributed by atoms with van der Waals surface area (Å²) in [4.78, 5) is 0. The lowest BCUT2D eigenvalue weighted by molar-refractivity contribution is 0.461. The van der Waals surface area contributed by atoms with Gasteiger partial charge < -0.3 is 14.6 Å². The maximum absolute atomic E-state index is 13.5. The van der Waals surface area contributed by atoms with Crippen LogP contribution >= 0.6 is 0 Å². The summed E-state index contributed by atoms with van der Waals surface area (Å²) in [7, 11) is 1.75. The molecule has 8 heteroatoms. The molecular weight excluding hydrogens is 321 g/mol. The summed E-state index contributed by atoms with van der Waals surface area (Å²) >= 11 is 0. The smallest absolute Gasteiger partial charge is 0.224 e. The maximum Gasteiger partial charge on any atom is 0.224 e. The molecule has 3 rings (SSSR count). The SMILES string of the molecule is Cn1cnnc1NCc1cc(F)ccc1Oc1cc(F)cc(F)c1. The number of anilines is 1. The first-order chi connectivity index (χ1) is 11.5. The van der Waals surface area contributed by atoms with E-state index >= 15 is 0 Å². The van der Waals surface area contributed by atoms with Gasteiger partial charge in [-0.2, -0.15) is 0 Å². The van der Waals surface area contributed by atoms with Crippen molar-refractivity contribution in [2.24, 2.45) is 7.05 Å². The highest BCUT2D eigenvalue weighted by molar-refractivity contribution is 5.40. The van der Waals surface area contributed by atoms with Crippen LogP contribution in [0.1, 0.15) is 5.56 Å². The highest BCUT2D eigenvalue weighted by atomic mass is 19.1. The van der Waals surface area contributed by atoms with E-state index in [0.29, 0.717) is 11.5 Å². The fraction of sp³-hybridized carbons (Fsp3) is 0.125. The molecule has 3 aromatic rings. The highest BCUT2D eigenvalue weighted by Crippen LogP contribution is 2.28. The molecule has 0 atom stereocenters. The van der Waals surface area contributed by atoms with Crippen molar-refractivity contribution in [3.8, 4) is 11.5 Å². The second-order valence-corrected chi connectivity index (χ2v) is 5.08. The van der Waals surface area contributed by atoms with Crippen molar-refractivity contribution in [3.63, 3.8) is 0 Å². The van der Waals surface area contributed by atoms with E-state index in [1.54, 1.807) is 11.6 Å². The summed E-state index contributed by atoms with van der Waals surface area (Å²) in [5.74, 6) is -1.23. The van der Waals surface area contributed by atoms with Gasteiger partial charge in [-0.25, -0.2) is 13.2 Å². The first kappa shape index (κ1) is 15.9. The zero-order valence-electron chi connectivity index (χ0n) is 12.6. The Morgan fingerprint density at radius 2 is 1.79 bits per heavy atom. The van der Waals surface area contributed by atoms with E-state index in [0.717, 1.165) is 18.2 Å². The van der Waals surface area contributed by atoms with Gasteiger partial charge in [0, 0.05) is 37.4 Å². The molecule has 0 radical (unpaired) electrons. The van der Waals surface area contributed by atoms with Gasteiger partial charge in [0.15, 0.2) is 0 Å². The fourth-order valence-electron chi connectivity index (χ4n) is 2.12.